The standard InChI is InChI=1S/C19H23FN4O4S/c1-29(27,28)24-10-8-22(9-11-24)18-19(26)23(14-17(21-18)3-2-12-25)13-15-4-6-16(20)7-5-15/h4-7,12,14H,2-3,8-11,13H2,1H3. The smallest absolute Gasteiger partial charge is 0.293 e. The van der Waals surface area contributed by atoms with Crippen LogP contribution in [0.4, 0.5) is 10.2 Å². The Morgan fingerprint density at radius 3 is 2.38 bits per heavy atom. The first-order valence-electron chi connectivity index (χ1n) is 9.26. The van der Waals surface area contributed by atoms with Gasteiger partial charge in [-0.2, -0.15) is 4.31 Å². The van der Waals surface area contributed by atoms with Gasteiger partial charge in [-0.3, -0.25) is 4.79 Å². The molecule has 1 aliphatic rings. The number of sulfonamides is 1. The highest BCUT2D eigenvalue weighted by Crippen LogP contribution is 2.14. The van der Waals surface area contributed by atoms with Crippen LogP contribution in [0.25, 0.3) is 0 Å². The molecule has 0 amide bonds. The minimum absolute atomic E-state index is 0.240. The van der Waals surface area contributed by atoms with Crippen molar-refractivity contribution in [1.82, 2.24) is 13.9 Å². The number of benzene rings is 1. The summed E-state index contributed by atoms with van der Waals surface area (Å²) in [5.74, 6) is -0.115. The minimum atomic E-state index is -3.28. The van der Waals surface area contributed by atoms with E-state index in [9.17, 15) is 22.4 Å². The van der Waals surface area contributed by atoms with E-state index in [2.05, 4.69) is 4.98 Å². The average Bonchev–Trinajstić information content (AvgIpc) is 2.69. The number of halogens is 1. The molecule has 1 aliphatic heterocycles. The molecule has 10 heteroatoms. The third-order valence-electron chi connectivity index (χ3n) is 4.80. The fourth-order valence-electron chi connectivity index (χ4n) is 3.25. The number of aromatic nitrogens is 2. The van der Waals surface area contributed by atoms with Gasteiger partial charge >= 0.3 is 0 Å². The lowest BCUT2D eigenvalue weighted by molar-refractivity contribution is -0.107. The lowest BCUT2D eigenvalue weighted by atomic mass is 10.2. The van der Waals surface area contributed by atoms with Gasteiger partial charge in [-0.1, -0.05) is 12.1 Å². The molecule has 0 radical (unpaired) electrons. The molecule has 1 aromatic heterocycles. The van der Waals surface area contributed by atoms with Crippen LogP contribution in [0.2, 0.25) is 0 Å². The number of piperazine rings is 1. The van der Waals surface area contributed by atoms with Crippen LogP contribution >= 0.6 is 0 Å². The van der Waals surface area contributed by atoms with E-state index >= 15 is 0 Å². The molecule has 0 saturated carbocycles. The first-order chi connectivity index (χ1) is 13.8. The molecule has 0 aliphatic carbocycles. The molecule has 1 aromatic carbocycles. The van der Waals surface area contributed by atoms with Crippen LogP contribution in [-0.4, -0.2) is 61.0 Å². The molecule has 8 nitrogen and oxygen atoms in total. The van der Waals surface area contributed by atoms with Gasteiger partial charge in [0.25, 0.3) is 5.56 Å². The van der Waals surface area contributed by atoms with Crippen molar-refractivity contribution in [2.45, 2.75) is 19.4 Å². The number of aryl methyl sites for hydroxylation is 1. The summed E-state index contributed by atoms with van der Waals surface area (Å²) < 4.78 is 39.5. The molecular weight excluding hydrogens is 399 g/mol. The Morgan fingerprint density at radius 1 is 1.14 bits per heavy atom. The topological polar surface area (TPSA) is 92.6 Å². The number of hydrogen-bond acceptors (Lipinski definition) is 6. The Labute approximate surface area is 168 Å². The lowest BCUT2D eigenvalue weighted by Gasteiger charge is -2.33. The zero-order chi connectivity index (χ0) is 21.0. The summed E-state index contributed by atoms with van der Waals surface area (Å²) >= 11 is 0. The van der Waals surface area contributed by atoms with E-state index in [1.165, 1.54) is 21.0 Å². The monoisotopic (exact) mass is 422 g/mol. The van der Waals surface area contributed by atoms with Crippen LogP contribution in [0, 0.1) is 5.82 Å². The van der Waals surface area contributed by atoms with Gasteiger partial charge in [0.1, 0.15) is 12.1 Å². The predicted molar refractivity (Wildman–Crippen MR) is 107 cm³/mol. The molecule has 1 fully saturated rings. The highest BCUT2D eigenvalue weighted by molar-refractivity contribution is 7.88. The second kappa shape index (κ2) is 8.83. The summed E-state index contributed by atoms with van der Waals surface area (Å²) in [6.07, 6.45) is 4.25. The van der Waals surface area contributed by atoms with Crippen LogP contribution in [0.3, 0.4) is 0 Å². The van der Waals surface area contributed by atoms with Gasteiger partial charge in [-0.25, -0.2) is 17.8 Å². The largest absolute Gasteiger partial charge is 0.349 e. The summed E-state index contributed by atoms with van der Waals surface area (Å²) in [6, 6.07) is 5.88. The number of anilines is 1. The van der Waals surface area contributed by atoms with Crippen LogP contribution < -0.4 is 10.5 Å². The van der Waals surface area contributed by atoms with Gasteiger partial charge in [0.15, 0.2) is 5.82 Å². The molecule has 0 N–H and O–H groups in total. The van der Waals surface area contributed by atoms with Crippen molar-refractivity contribution >= 4 is 22.1 Å². The Kier molecular flexibility index (Phi) is 6.43. The fraction of sp³-hybridized carbons (Fsp3) is 0.421. The second-order valence-electron chi connectivity index (χ2n) is 6.97. The van der Waals surface area contributed by atoms with E-state index in [0.29, 0.717) is 25.2 Å². The molecule has 1 saturated heterocycles. The quantitative estimate of drug-likeness (QED) is 0.608. The molecule has 0 spiro atoms. The maximum Gasteiger partial charge on any atom is 0.293 e. The van der Waals surface area contributed by atoms with Gasteiger partial charge in [-0.15, -0.1) is 0 Å². The van der Waals surface area contributed by atoms with Crippen molar-refractivity contribution < 1.29 is 17.6 Å². The number of hydrogen-bond donors (Lipinski definition) is 0. The number of aldehydes is 1. The van der Waals surface area contributed by atoms with Crippen LogP contribution in [0.15, 0.2) is 35.3 Å². The molecular formula is C19H23FN4O4S. The summed E-state index contributed by atoms with van der Waals surface area (Å²) in [5.41, 5.74) is 1.05. The summed E-state index contributed by atoms with van der Waals surface area (Å²) in [7, 11) is -3.28. The molecule has 0 unspecified atom stereocenters. The molecule has 156 valence electrons. The lowest BCUT2D eigenvalue weighted by Crippen LogP contribution is -2.50. The van der Waals surface area contributed by atoms with E-state index in [1.54, 1.807) is 23.2 Å². The molecule has 0 bridgehead atoms. The van der Waals surface area contributed by atoms with Crippen LogP contribution in [0.5, 0.6) is 0 Å². The van der Waals surface area contributed by atoms with E-state index in [4.69, 9.17) is 0 Å². The fourth-order valence-corrected chi connectivity index (χ4v) is 4.08. The number of rotatable bonds is 7. The Hall–Kier alpha value is -2.59. The Balaban J connectivity index is 1.90. The van der Waals surface area contributed by atoms with E-state index in [-0.39, 0.29) is 43.2 Å². The van der Waals surface area contributed by atoms with E-state index < -0.39 is 10.0 Å². The maximum atomic E-state index is 13.2. The van der Waals surface area contributed by atoms with Crippen molar-refractivity contribution in [2.75, 3.05) is 37.3 Å². The average molecular weight is 422 g/mol. The third kappa shape index (κ3) is 5.27. The first kappa shape index (κ1) is 21.1. The van der Waals surface area contributed by atoms with Crippen molar-refractivity contribution in [2.24, 2.45) is 0 Å². The zero-order valence-electron chi connectivity index (χ0n) is 16.1. The molecule has 3 rings (SSSR count). The summed E-state index contributed by atoms with van der Waals surface area (Å²) in [4.78, 5) is 30.0. The van der Waals surface area contributed by atoms with Gasteiger partial charge in [0, 0.05) is 38.8 Å². The highest BCUT2D eigenvalue weighted by Gasteiger charge is 2.26. The third-order valence-corrected chi connectivity index (χ3v) is 6.10. The van der Waals surface area contributed by atoms with Crippen molar-refractivity contribution in [3.8, 4) is 0 Å². The molecule has 2 aromatic rings. The zero-order valence-corrected chi connectivity index (χ0v) is 16.9. The predicted octanol–water partition coefficient (Wildman–Crippen LogP) is 0.644. The number of carbonyl (C=O) groups is 1. The Bertz CT molecular complexity index is 1030. The van der Waals surface area contributed by atoms with E-state index in [1.807, 2.05) is 0 Å². The van der Waals surface area contributed by atoms with E-state index in [0.717, 1.165) is 18.1 Å². The molecule has 2 heterocycles. The summed E-state index contributed by atoms with van der Waals surface area (Å²) in [6.45, 7) is 1.49. The Morgan fingerprint density at radius 2 is 1.79 bits per heavy atom. The van der Waals surface area contributed by atoms with Gasteiger partial charge < -0.3 is 14.3 Å². The number of carbonyl (C=O) groups excluding carboxylic acids is 1. The van der Waals surface area contributed by atoms with Crippen LogP contribution in [0.1, 0.15) is 17.7 Å². The van der Waals surface area contributed by atoms with Gasteiger partial charge in [0.2, 0.25) is 10.0 Å². The summed E-state index contributed by atoms with van der Waals surface area (Å²) in [5, 5.41) is 0. The SMILES string of the molecule is CS(=O)(=O)N1CCN(c2nc(CCC=O)cn(Cc3ccc(F)cc3)c2=O)CC1. The maximum absolute atomic E-state index is 13.2. The van der Waals surface area contributed by atoms with Crippen molar-refractivity contribution in [3.63, 3.8) is 0 Å². The van der Waals surface area contributed by atoms with Gasteiger partial charge in [0.05, 0.1) is 18.5 Å². The normalized spacial score (nSPS) is 15.4. The van der Waals surface area contributed by atoms with Crippen LogP contribution in [-0.2, 0) is 27.8 Å². The van der Waals surface area contributed by atoms with Crippen molar-refractivity contribution in [3.05, 3.63) is 57.9 Å². The van der Waals surface area contributed by atoms with Gasteiger partial charge in [-0.05, 0) is 24.1 Å². The first-order valence-corrected chi connectivity index (χ1v) is 11.1. The molecule has 0 atom stereocenters. The highest BCUT2D eigenvalue weighted by atomic mass is 32.2. The van der Waals surface area contributed by atoms with Crippen molar-refractivity contribution in [1.29, 1.82) is 0 Å². The number of nitrogens with zero attached hydrogens (tertiary/aromatic N) is 4. The molecule has 29 heavy (non-hydrogen) atoms. The minimum Gasteiger partial charge on any atom is -0.349 e. The second-order valence-corrected chi connectivity index (χ2v) is 8.95.